The Labute approximate surface area is 158 Å². The van der Waals surface area contributed by atoms with E-state index in [9.17, 15) is 4.79 Å². The molecule has 1 aromatic rings. The number of hydrogen-bond acceptors (Lipinski definition) is 3. The minimum Gasteiger partial charge on any atom is -0.370 e. The number of hydrogen-bond donors (Lipinski definition) is 3. The molecule has 0 saturated carbocycles. The van der Waals surface area contributed by atoms with Crippen LogP contribution in [-0.4, -0.2) is 49.0 Å². The lowest BCUT2D eigenvalue weighted by Crippen LogP contribution is -2.36. The van der Waals surface area contributed by atoms with Gasteiger partial charge in [-0.2, -0.15) is 0 Å². The van der Waals surface area contributed by atoms with Crippen molar-refractivity contribution in [3.63, 3.8) is 0 Å². The Morgan fingerprint density at radius 3 is 3.00 bits per heavy atom. The number of aliphatic imine (C=N–C) groups is 1. The fourth-order valence-electron chi connectivity index (χ4n) is 3.06. The van der Waals surface area contributed by atoms with Gasteiger partial charge in [0, 0.05) is 29.2 Å². The number of carbonyl (C=O) groups is 1. The summed E-state index contributed by atoms with van der Waals surface area (Å²) in [7, 11) is 0. The van der Waals surface area contributed by atoms with Gasteiger partial charge in [0.1, 0.15) is 0 Å². The monoisotopic (exact) mass is 409 g/mol. The predicted molar refractivity (Wildman–Crippen MR) is 107 cm³/mol. The van der Waals surface area contributed by atoms with Crippen molar-refractivity contribution in [3.8, 4) is 0 Å². The molecule has 0 aliphatic carbocycles. The highest BCUT2D eigenvalue weighted by Crippen LogP contribution is 2.20. The molecule has 1 amide bonds. The van der Waals surface area contributed by atoms with Crippen LogP contribution in [0.1, 0.15) is 31.7 Å². The summed E-state index contributed by atoms with van der Waals surface area (Å²) in [6, 6.07) is 6.27. The number of guanidine groups is 1. The van der Waals surface area contributed by atoms with Crippen LogP contribution in [0, 0.1) is 6.92 Å². The number of likely N-dealkylation sites (tertiary alicyclic amines) is 1. The molecule has 1 aliphatic heterocycles. The summed E-state index contributed by atoms with van der Waals surface area (Å²) in [5, 5.41) is 5.93. The molecular formula is C18H28BrN5O. The van der Waals surface area contributed by atoms with Crippen molar-refractivity contribution in [3.05, 3.63) is 28.2 Å². The molecule has 138 valence electrons. The van der Waals surface area contributed by atoms with Gasteiger partial charge in [0.25, 0.3) is 0 Å². The van der Waals surface area contributed by atoms with Crippen LogP contribution >= 0.6 is 15.9 Å². The summed E-state index contributed by atoms with van der Waals surface area (Å²) in [6.07, 6.45) is 2.76. The largest absolute Gasteiger partial charge is 0.370 e. The number of carbonyl (C=O) groups excluding carboxylic acids is 1. The van der Waals surface area contributed by atoms with Gasteiger partial charge >= 0.3 is 0 Å². The topological polar surface area (TPSA) is 82.8 Å². The summed E-state index contributed by atoms with van der Waals surface area (Å²) in [5.74, 6) is 0.370. The van der Waals surface area contributed by atoms with Crippen LogP contribution in [0.25, 0.3) is 0 Å². The van der Waals surface area contributed by atoms with Gasteiger partial charge in [-0.3, -0.25) is 14.7 Å². The molecule has 1 aromatic carbocycles. The minimum atomic E-state index is -0.0429. The average molecular weight is 410 g/mol. The van der Waals surface area contributed by atoms with E-state index < -0.39 is 0 Å². The molecule has 6 nitrogen and oxygen atoms in total. The van der Waals surface area contributed by atoms with Crippen molar-refractivity contribution >= 4 is 33.5 Å². The first-order valence-electron chi connectivity index (χ1n) is 8.83. The quantitative estimate of drug-likeness (QED) is 0.477. The van der Waals surface area contributed by atoms with Crippen LogP contribution in [0.2, 0.25) is 0 Å². The van der Waals surface area contributed by atoms with Crippen molar-refractivity contribution in [1.29, 1.82) is 0 Å². The summed E-state index contributed by atoms with van der Waals surface area (Å²) in [6.45, 7) is 7.54. The molecule has 0 spiro atoms. The number of aryl methyl sites for hydroxylation is 1. The van der Waals surface area contributed by atoms with Crippen LogP contribution in [0.15, 0.2) is 27.7 Å². The number of amides is 1. The van der Waals surface area contributed by atoms with Gasteiger partial charge in [-0.1, -0.05) is 22.9 Å². The lowest BCUT2D eigenvalue weighted by molar-refractivity contribution is -0.116. The van der Waals surface area contributed by atoms with Gasteiger partial charge in [0.05, 0.1) is 6.54 Å². The van der Waals surface area contributed by atoms with Crippen molar-refractivity contribution < 1.29 is 4.79 Å². The second-order valence-corrected chi connectivity index (χ2v) is 7.25. The van der Waals surface area contributed by atoms with Crippen LogP contribution in [-0.2, 0) is 4.79 Å². The fraction of sp³-hybridized carbons (Fsp3) is 0.556. The van der Waals surface area contributed by atoms with Crippen molar-refractivity contribution in [2.45, 2.75) is 39.2 Å². The Hall–Kier alpha value is -1.60. The summed E-state index contributed by atoms with van der Waals surface area (Å²) in [4.78, 5) is 18.9. The molecule has 1 atom stereocenters. The summed E-state index contributed by atoms with van der Waals surface area (Å²) >= 11 is 3.41. The molecule has 1 aliphatic rings. The van der Waals surface area contributed by atoms with Gasteiger partial charge in [-0.15, -0.1) is 0 Å². The molecular weight excluding hydrogens is 382 g/mol. The third kappa shape index (κ3) is 6.32. The molecule has 2 rings (SSSR count). The van der Waals surface area contributed by atoms with E-state index in [1.807, 2.05) is 25.1 Å². The predicted octanol–water partition coefficient (Wildman–Crippen LogP) is 2.47. The maximum atomic E-state index is 12.0. The lowest BCUT2D eigenvalue weighted by Gasteiger charge is -2.20. The number of nitrogens with one attached hydrogen (secondary N) is 2. The third-order valence-corrected chi connectivity index (χ3v) is 4.99. The number of nitrogens with two attached hydrogens (primary N) is 1. The molecule has 25 heavy (non-hydrogen) atoms. The maximum Gasteiger partial charge on any atom is 0.226 e. The number of benzene rings is 1. The van der Waals surface area contributed by atoms with Crippen molar-refractivity contribution in [1.82, 2.24) is 10.2 Å². The minimum absolute atomic E-state index is 0.0429. The molecule has 1 fully saturated rings. The van der Waals surface area contributed by atoms with Gasteiger partial charge in [-0.25, -0.2) is 0 Å². The molecule has 0 aromatic heterocycles. The van der Waals surface area contributed by atoms with E-state index >= 15 is 0 Å². The molecule has 1 heterocycles. The Kier molecular flexibility index (Phi) is 7.71. The molecule has 0 radical (unpaired) electrons. The zero-order chi connectivity index (χ0) is 18.2. The maximum absolute atomic E-state index is 12.0. The highest BCUT2D eigenvalue weighted by atomic mass is 79.9. The van der Waals surface area contributed by atoms with E-state index in [2.05, 4.69) is 43.4 Å². The van der Waals surface area contributed by atoms with E-state index in [4.69, 9.17) is 5.73 Å². The zero-order valence-corrected chi connectivity index (χ0v) is 16.6. The van der Waals surface area contributed by atoms with Crippen LogP contribution < -0.4 is 16.4 Å². The van der Waals surface area contributed by atoms with Gasteiger partial charge in [-0.05, 0) is 56.6 Å². The van der Waals surface area contributed by atoms with E-state index in [1.165, 1.54) is 12.8 Å². The van der Waals surface area contributed by atoms with Crippen LogP contribution in [0.4, 0.5) is 5.69 Å². The fourth-order valence-corrected chi connectivity index (χ4v) is 3.54. The number of nitrogens with zero attached hydrogens (tertiary/aromatic N) is 2. The highest BCUT2D eigenvalue weighted by molar-refractivity contribution is 9.10. The number of rotatable bonds is 7. The smallest absolute Gasteiger partial charge is 0.226 e. The Bertz CT molecular complexity index is 619. The Balaban J connectivity index is 1.70. The van der Waals surface area contributed by atoms with E-state index in [1.54, 1.807) is 0 Å². The molecule has 4 N–H and O–H groups in total. The summed E-state index contributed by atoms with van der Waals surface area (Å²) in [5.41, 5.74) is 7.75. The van der Waals surface area contributed by atoms with Crippen LogP contribution in [0.3, 0.4) is 0 Å². The Morgan fingerprint density at radius 2 is 2.28 bits per heavy atom. The molecule has 7 heteroatoms. The van der Waals surface area contributed by atoms with E-state index in [-0.39, 0.29) is 5.91 Å². The average Bonchev–Trinajstić information content (AvgIpc) is 3.03. The van der Waals surface area contributed by atoms with Crippen LogP contribution in [0.5, 0.6) is 0 Å². The SMILES string of the molecule is CCN1CCCC1CN=C(N)NCCC(=O)Nc1ccc(Br)cc1C. The van der Waals surface area contributed by atoms with Gasteiger partial charge in [0.2, 0.25) is 5.91 Å². The lowest BCUT2D eigenvalue weighted by atomic mass is 10.2. The Morgan fingerprint density at radius 1 is 1.48 bits per heavy atom. The van der Waals surface area contributed by atoms with E-state index in [0.717, 1.165) is 35.4 Å². The van der Waals surface area contributed by atoms with E-state index in [0.29, 0.717) is 25.0 Å². The first-order chi connectivity index (χ1) is 12.0. The second kappa shape index (κ2) is 9.77. The summed E-state index contributed by atoms with van der Waals surface area (Å²) < 4.78 is 0.998. The molecule has 1 unspecified atom stereocenters. The second-order valence-electron chi connectivity index (χ2n) is 6.33. The first-order valence-corrected chi connectivity index (χ1v) is 9.62. The third-order valence-electron chi connectivity index (χ3n) is 4.50. The number of anilines is 1. The molecule has 0 bridgehead atoms. The highest BCUT2D eigenvalue weighted by Gasteiger charge is 2.22. The standard InChI is InChI=1S/C18H28BrN5O/c1-3-24-10-4-5-15(24)12-22-18(20)21-9-8-17(25)23-16-7-6-14(19)11-13(16)2/h6-7,11,15H,3-5,8-10,12H2,1-2H3,(H,23,25)(H3,20,21,22). The zero-order valence-electron chi connectivity index (χ0n) is 15.0. The van der Waals surface area contributed by atoms with Crippen molar-refractivity contribution in [2.75, 3.05) is 31.5 Å². The number of halogens is 1. The number of likely N-dealkylation sites (N-methyl/N-ethyl adjacent to an activating group) is 1. The van der Waals surface area contributed by atoms with Gasteiger partial charge < -0.3 is 16.4 Å². The first kappa shape index (κ1) is 19.7. The normalized spacial score (nSPS) is 18.4. The van der Waals surface area contributed by atoms with Gasteiger partial charge in [0.15, 0.2) is 5.96 Å². The molecule has 1 saturated heterocycles. The van der Waals surface area contributed by atoms with Crippen molar-refractivity contribution in [2.24, 2.45) is 10.7 Å².